The van der Waals surface area contributed by atoms with Crippen LogP contribution in [0.15, 0.2) is 24.3 Å². The third kappa shape index (κ3) is 4.35. The van der Waals surface area contributed by atoms with Crippen LogP contribution in [0.25, 0.3) is 0 Å². The van der Waals surface area contributed by atoms with E-state index in [-0.39, 0.29) is 5.75 Å². The molecule has 1 saturated heterocycles. The number of benzene rings is 1. The molecule has 1 heterocycles. The Labute approximate surface area is 123 Å². The lowest BCUT2D eigenvalue weighted by atomic mass is 9.82. The summed E-state index contributed by atoms with van der Waals surface area (Å²) in [6.07, 6.45) is 1.22. The molecule has 0 saturated carbocycles. The van der Waals surface area contributed by atoms with Gasteiger partial charge in [-0.25, -0.2) is 0 Å². The molecule has 0 spiro atoms. The molecule has 0 aliphatic carbocycles. The van der Waals surface area contributed by atoms with Crippen molar-refractivity contribution in [2.75, 3.05) is 11.5 Å². The van der Waals surface area contributed by atoms with Gasteiger partial charge >= 0.3 is 6.61 Å². The number of alkyl halides is 2. The van der Waals surface area contributed by atoms with Gasteiger partial charge in [0.15, 0.2) is 0 Å². The van der Waals surface area contributed by atoms with Crippen LogP contribution >= 0.6 is 11.8 Å². The van der Waals surface area contributed by atoms with Crippen LogP contribution in [0.4, 0.5) is 8.78 Å². The van der Waals surface area contributed by atoms with Crippen molar-refractivity contribution in [3.05, 3.63) is 29.8 Å². The first kappa shape index (κ1) is 15.6. The number of hydrogen-bond acceptors (Lipinski definition) is 3. The van der Waals surface area contributed by atoms with Crippen LogP contribution in [0.3, 0.4) is 0 Å². The highest BCUT2D eigenvalue weighted by Crippen LogP contribution is 2.34. The van der Waals surface area contributed by atoms with E-state index < -0.39 is 6.61 Å². The van der Waals surface area contributed by atoms with Gasteiger partial charge in [0.05, 0.1) is 0 Å². The van der Waals surface area contributed by atoms with Gasteiger partial charge in [0.1, 0.15) is 5.75 Å². The van der Waals surface area contributed by atoms with Crippen LogP contribution in [0, 0.1) is 5.41 Å². The molecular formula is C15H21F2NOS. The molecule has 1 unspecified atom stereocenters. The third-order valence-corrected chi connectivity index (χ3v) is 4.88. The van der Waals surface area contributed by atoms with Gasteiger partial charge in [-0.1, -0.05) is 26.0 Å². The first-order valence-corrected chi connectivity index (χ1v) is 7.98. The van der Waals surface area contributed by atoms with Crippen molar-refractivity contribution in [3.63, 3.8) is 0 Å². The van der Waals surface area contributed by atoms with Crippen molar-refractivity contribution in [3.8, 4) is 5.75 Å². The number of thioether (sulfide) groups is 1. The van der Waals surface area contributed by atoms with E-state index in [1.807, 2.05) is 23.9 Å². The molecule has 1 atom stereocenters. The molecule has 1 aromatic carbocycles. The molecule has 1 aliphatic rings. The smallest absolute Gasteiger partial charge is 0.387 e. The molecule has 2 nitrogen and oxygen atoms in total. The van der Waals surface area contributed by atoms with Gasteiger partial charge in [-0.2, -0.15) is 20.5 Å². The van der Waals surface area contributed by atoms with Crippen LogP contribution in [0.2, 0.25) is 0 Å². The van der Waals surface area contributed by atoms with Crippen molar-refractivity contribution >= 4 is 11.8 Å². The molecule has 0 bridgehead atoms. The number of rotatable bonds is 5. The summed E-state index contributed by atoms with van der Waals surface area (Å²) in [5.74, 6) is 2.56. The lowest BCUT2D eigenvalue weighted by Gasteiger charge is -2.39. The highest BCUT2D eigenvalue weighted by molar-refractivity contribution is 7.99. The number of halogens is 2. The van der Waals surface area contributed by atoms with Crippen LogP contribution in [-0.4, -0.2) is 24.2 Å². The first-order chi connectivity index (χ1) is 9.47. The van der Waals surface area contributed by atoms with Gasteiger partial charge in [-0.3, -0.25) is 0 Å². The second kappa shape index (κ2) is 6.76. The average molecular weight is 301 g/mol. The van der Waals surface area contributed by atoms with Crippen LogP contribution < -0.4 is 10.1 Å². The van der Waals surface area contributed by atoms with E-state index in [1.165, 1.54) is 12.2 Å². The monoisotopic (exact) mass is 301 g/mol. The molecule has 1 aliphatic heterocycles. The number of nitrogens with one attached hydrogen (secondary N) is 1. The predicted molar refractivity (Wildman–Crippen MR) is 79.4 cm³/mol. The van der Waals surface area contributed by atoms with Gasteiger partial charge in [0.25, 0.3) is 0 Å². The van der Waals surface area contributed by atoms with E-state index in [9.17, 15) is 8.78 Å². The Bertz CT molecular complexity index is 422. The zero-order chi connectivity index (χ0) is 14.6. The summed E-state index contributed by atoms with van der Waals surface area (Å²) in [6, 6.07) is 7.31. The second-order valence-electron chi connectivity index (χ2n) is 5.77. The normalized spacial score (nSPS) is 21.9. The zero-order valence-electron chi connectivity index (χ0n) is 11.9. The summed E-state index contributed by atoms with van der Waals surface area (Å²) >= 11 is 1.98. The summed E-state index contributed by atoms with van der Waals surface area (Å²) in [6.45, 7) is 2.58. The quantitative estimate of drug-likeness (QED) is 0.891. The molecule has 0 amide bonds. The van der Waals surface area contributed by atoms with E-state index in [1.54, 1.807) is 12.1 Å². The fourth-order valence-corrected chi connectivity index (χ4v) is 3.94. The van der Waals surface area contributed by atoms with Crippen LogP contribution in [-0.2, 0) is 6.54 Å². The minimum absolute atomic E-state index is 0.206. The Morgan fingerprint density at radius 3 is 2.65 bits per heavy atom. The predicted octanol–water partition coefficient (Wildman–Crippen LogP) is 3.91. The fraction of sp³-hybridized carbons (Fsp3) is 0.600. The Balaban J connectivity index is 1.87. The van der Waals surface area contributed by atoms with Crippen LogP contribution in [0.1, 0.15) is 25.8 Å². The van der Waals surface area contributed by atoms with E-state index in [0.29, 0.717) is 11.5 Å². The van der Waals surface area contributed by atoms with Gasteiger partial charge < -0.3 is 10.1 Å². The molecule has 112 valence electrons. The Morgan fingerprint density at radius 1 is 1.35 bits per heavy atom. The maximum Gasteiger partial charge on any atom is 0.387 e. The summed E-state index contributed by atoms with van der Waals surface area (Å²) in [7, 11) is 0. The molecule has 20 heavy (non-hydrogen) atoms. The summed E-state index contributed by atoms with van der Waals surface area (Å²) in [5.41, 5.74) is 1.39. The van der Waals surface area contributed by atoms with Gasteiger partial charge in [-0.05, 0) is 35.3 Å². The Kier molecular flexibility index (Phi) is 5.27. The van der Waals surface area contributed by atoms with Gasteiger partial charge in [-0.15, -0.1) is 0 Å². The van der Waals surface area contributed by atoms with Crippen molar-refractivity contribution in [2.45, 2.75) is 39.5 Å². The minimum Gasteiger partial charge on any atom is -0.435 e. The molecule has 5 heteroatoms. The Hall–Kier alpha value is -0.810. The zero-order valence-corrected chi connectivity index (χ0v) is 12.7. The third-order valence-electron chi connectivity index (χ3n) is 3.82. The molecule has 0 radical (unpaired) electrons. The molecule has 1 fully saturated rings. The highest BCUT2D eigenvalue weighted by Gasteiger charge is 2.31. The summed E-state index contributed by atoms with van der Waals surface area (Å²) in [5, 5.41) is 3.58. The van der Waals surface area contributed by atoms with E-state index >= 15 is 0 Å². The molecule has 1 aromatic rings. The fourth-order valence-electron chi connectivity index (χ4n) is 2.30. The van der Waals surface area contributed by atoms with Crippen LogP contribution in [0.5, 0.6) is 5.75 Å². The van der Waals surface area contributed by atoms with Crippen molar-refractivity contribution < 1.29 is 13.5 Å². The molecule has 0 aromatic heterocycles. The maximum absolute atomic E-state index is 12.1. The van der Waals surface area contributed by atoms with E-state index in [0.717, 1.165) is 17.9 Å². The largest absolute Gasteiger partial charge is 0.435 e. The lowest BCUT2D eigenvalue weighted by Crippen LogP contribution is -2.46. The number of hydrogen-bond donors (Lipinski definition) is 1. The summed E-state index contributed by atoms with van der Waals surface area (Å²) in [4.78, 5) is 0. The Morgan fingerprint density at radius 2 is 2.05 bits per heavy atom. The first-order valence-electron chi connectivity index (χ1n) is 6.82. The average Bonchev–Trinajstić information content (AvgIpc) is 2.38. The van der Waals surface area contributed by atoms with E-state index in [4.69, 9.17) is 0 Å². The molecule has 1 N–H and O–H groups in total. The highest BCUT2D eigenvalue weighted by atomic mass is 32.2. The summed E-state index contributed by atoms with van der Waals surface area (Å²) < 4.78 is 28.5. The van der Waals surface area contributed by atoms with Gasteiger partial charge in [0.2, 0.25) is 0 Å². The minimum atomic E-state index is -2.76. The van der Waals surface area contributed by atoms with Crippen molar-refractivity contribution in [1.82, 2.24) is 5.32 Å². The standard InChI is InChI=1S/C15H21F2NOS/c1-15(2)7-8-20-10-13(15)18-9-11-3-5-12(6-4-11)19-14(16)17/h3-6,13-14,18H,7-10H2,1-2H3. The SMILES string of the molecule is CC1(C)CCSCC1NCc1ccc(OC(F)F)cc1. The number of ether oxygens (including phenoxy) is 1. The lowest BCUT2D eigenvalue weighted by molar-refractivity contribution is -0.0498. The topological polar surface area (TPSA) is 21.3 Å². The van der Waals surface area contributed by atoms with Crippen molar-refractivity contribution in [1.29, 1.82) is 0 Å². The van der Waals surface area contributed by atoms with Gasteiger partial charge in [0, 0.05) is 18.3 Å². The molecule has 2 rings (SSSR count). The van der Waals surface area contributed by atoms with Crippen molar-refractivity contribution in [2.24, 2.45) is 5.41 Å². The maximum atomic E-state index is 12.1. The second-order valence-corrected chi connectivity index (χ2v) is 6.92. The van der Waals surface area contributed by atoms with E-state index in [2.05, 4.69) is 23.9 Å². The molecular weight excluding hydrogens is 280 g/mol.